The maximum absolute atomic E-state index is 13.3. The van der Waals surface area contributed by atoms with E-state index in [1.807, 2.05) is 6.07 Å². The minimum absolute atomic E-state index is 0.00518. The second kappa shape index (κ2) is 6.25. The number of methoxy groups -OCH3 is 1. The molecule has 0 bridgehead atoms. The Hall–Kier alpha value is -2.25. The van der Waals surface area contributed by atoms with E-state index in [1.54, 1.807) is 0 Å². The van der Waals surface area contributed by atoms with Crippen molar-refractivity contribution in [2.24, 2.45) is 0 Å². The van der Waals surface area contributed by atoms with Gasteiger partial charge in [-0.2, -0.15) is 5.26 Å². The lowest BCUT2D eigenvalue weighted by atomic mass is 10.3. The van der Waals surface area contributed by atoms with E-state index in [0.717, 1.165) is 12.3 Å². The van der Waals surface area contributed by atoms with Crippen molar-refractivity contribution in [2.75, 3.05) is 11.8 Å². The lowest BCUT2D eigenvalue weighted by molar-refractivity contribution is 0.382. The van der Waals surface area contributed by atoms with E-state index in [4.69, 9.17) is 10.00 Å². The number of hydrogen-bond donors (Lipinski definition) is 1. The summed E-state index contributed by atoms with van der Waals surface area (Å²) in [6.45, 7) is 0. The van der Waals surface area contributed by atoms with E-state index in [0.29, 0.717) is 4.47 Å². The van der Waals surface area contributed by atoms with Crippen LogP contribution in [-0.4, -0.2) is 25.5 Å². The zero-order valence-corrected chi connectivity index (χ0v) is 13.4. The van der Waals surface area contributed by atoms with Gasteiger partial charge in [-0.05, 0) is 22.0 Å². The molecule has 114 valence electrons. The van der Waals surface area contributed by atoms with Crippen LogP contribution in [0.25, 0.3) is 0 Å². The second-order valence-corrected chi connectivity index (χ2v) is 6.40. The molecule has 0 aliphatic carbocycles. The van der Waals surface area contributed by atoms with Gasteiger partial charge in [-0.1, -0.05) is 0 Å². The fourth-order valence-corrected chi connectivity index (χ4v) is 3.11. The number of nitrogens with zero attached hydrogens (tertiary/aromatic N) is 3. The summed E-state index contributed by atoms with van der Waals surface area (Å²) in [5.74, 6) is -1.31. The minimum Gasteiger partial charge on any atom is -0.480 e. The molecule has 0 saturated heterocycles. The third-order valence-electron chi connectivity index (χ3n) is 2.51. The number of nitrogens with one attached hydrogen (secondary N) is 1. The van der Waals surface area contributed by atoms with Gasteiger partial charge in [0.15, 0.2) is 10.7 Å². The highest BCUT2D eigenvalue weighted by Crippen LogP contribution is 2.27. The summed E-state index contributed by atoms with van der Waals surface area (Å²) >= 11 is 3.12. The maximum Gasteiger partial charge on any atom is 0.268 e. The molecule has 22 heavy (non-hydrogen) atoms. The van der Waals surface area contributed by atoms with E-state index in [1.165, 1.54) is 19.4 Å². The van der Waals surface area contributed by atoms with Crippen LogP contribution in [0, 0.1) is 17.1 Å². The number of hydrogen-bond acceptors (Lipinski definition) is 6. The van der Waals surface area contributed by atoms with Crippen LogP contribution in [0.3, 0.4) is 0 Å². The molecule has 2 aromatic heterocycles. The average Bonchev–Trinajstić information content (AvgIpc) is 2.47. The van der Waals surface area contributed by atoms with Crippen molar-refractivity contribution in [3.63, 3.8) is 0 Å². The van der Waals surface area contributed by atoms with Crippen molar-refractivity contribution in [1.82, 2.24) is 9.97 Å². The van der Waals surface area contributed by atoms with Crippen molar-refractivity contribution in [2.45, 2.75) is 4.90 Å². The third kappa shape index (κ3) is 3.15. The lowest BCUT2D eigenvalue weighted by Crippen LogP contribution is -2.17. The highest BCUT2D eigenvalue weighted by atomic mass is 79.9. The van der Waals surface area contributed by atoms with Gasteiger partial charge in [0, 0.05) is 16.7 Å². The van der Waals surface area contributed by atoms with Crippen LogP contribution in [0.15, 0.2) is 33.9 Å². The number of rotatable bonds is 4. The first-order chi connectivity index (χ1) is 10.4. The molecule has 2 heterocycles. The number of sulfonamides is 1. The quantitative estimate of drug-likeness (QED) is 0.861. The van der Waals surface area contributed by atoms with Crippen LogP contribution in [0.1, 0.15) is 5.56 Å². The van der Waals surface area contributed by atoms with Gasteiger partial charge < -0.3 is 4.74 Å². The topological polar surface area (TPSA) is 105 Å². The second-order valence-electron chi connectivity index (χ2n) is 3.89. The Morgan fingerprint density at radius 3 is 2.82 bits per heavy atom. The first-order valence-corrected chi connectivity index (χ1v) is 7.93. The molecule has 0 atom stereocenters. The van der Waals surface area contributed by atoms with E-state index in [9.17, 15) is 12.8 Å². The van der Waals surface area contributed by atoms with Crippen LogP contribution in [-0.2, 0) is 10.0 Å². The number of ether oxygens (including phenoxy) is 1. The predicted octanol–water partition coefficient (Wildman–Crippen LogP) is 2.06. The molecule has 1 N–H and O–H groups in total. The van der Waals surface area contributed by atoms with Crippen molar-refractivity contribution in [3.05, 3.63) is 40.4 Å². The zero-order chi connectivity index (χ0) is 16.3. The zero-order valence-electron chi connectivity index (χ0n) is 11.0. The van der Waals surface area contributed by atoms with Gasteiger partial charge in [-0.3, -0.25) is 4.72 Å². The van der Waals surface area contributed by atoms with Gasteiger partial charge in [0.25, 0.3) is 10.0 Å². The Morgan fingerprint density at radius 2 is 2.18 bits per heavy atom. The molecular weight excluding hydrogens is 379 g/mol. The number of aromatic nitrogens is 2. The van der Waals surface area contributed by atoms with E-state index in [-0.39, 0.29) is 17.3 Å². The fraction of sp³-hybridized carbons (Fsp3) is 0.0833. The molecule has 0 aromatic carbocycles. The first-order valence-electron chi connectivity index (χ1n) is 5.66. The van der Waals surface area contributed by atoms with Gasteiger partial charge in [-0.25, -0.2) is 22.8 Å². The lowest BCUT2D eigenvalue weighted by Gasteiger charge is -2.11. The largest absolute Gasteiger partial charge is 0.480 e. The van der Waals surface area contributed by atoms with Crippen LogP contribution in [0.2, 0.25) is 0 Å². The Morgan fingerprint density at radius 1 is 1.45 bits per heavy atom. The van der Waals surface area contributed by atoms with E-state index in [2.05, 4.69) is 30.6 Å². The van der Waals surface area contributed by atoms with E-state index < -0.39 is 20.7 Å². The van der Waals surface area contributed by atoms with Crippen molar-refractivity contribution < 1.29 is 17.5 Å². The number of pyridine rings is 2. The van der Waals surface area contributed by atoms with Gasteiger partial charge >= 0.3 is 0 Å². The molecule has 0 saturated carbocycles. The predicted molar refractivity (Wildman–Crippen MR) is 78.2 cm³/mol. The minimum atomic E-state index is -4.24. The summed E-state index contributed by atoms with van der Waals surface area (Å²) in [7, 11) is -3.03. The molecule has 0 fully saturated rings. The number of halogens is 2. The van der Waals surface area contributed by atoms with Crippen LogP contribution in [0.5, 0.6) is 5.88 Å². The smallest absolute Gasteiger partial charge is 0.268 e. The van der Waals surface area contributed by atoms with Crippen molar-refractivity contribution in [1.29, 1.82) is 5.26 Å². The van der Waals surface area contributed by atoms with Crippen LogP contribution < -0.4 is 9.46 Å². The standard InChI is InChI=1S/C12H8BrFN4O3S/c1-21-12-10(4-7(14)6-17-12)22(19,20)18-11-8(5-15)9(13)2-3-16-11/h2-4,6H,1H3,(H,16,18). The van der Waals surface area contributed by atoms with Gasteiger partial charge in [-0.15, -0.1) is 0 Å². The van der Waals surface area contributed by atoms with Crippen molar-refractivity contribution >= 4 is 31.8 Å². The monoisotopic (exact) mass is 386 g/mol. The average molecular weight is 387 g/mol. The number of nitriles is 1. The Kier molecular flexibility index (Phi) is 4.58. The SMILES string of the molecule is COc1ncc(F)cc1S(=O)(=O)Nc1nccc(Br)c1C#N. The van der Waals surface area contributed by atoms with E-state index >= 15 is 0 Å². The molecule has 10 heteroatoms. The molecular formula is C12H8BrFN4O3S. The summed E-state index contributed by atoms with van der Waals surface area (Å²) in [5.41, 5.74) is -0.00518. The van der Waals surface area contributed by atoms with Crippen LogP contribution >= 0.6 is 15.9 Å². The molecule has 2 aromatic rings. The first kappa shape index (κ1) is 16.1. The summed E-state index contributed by atoms with van der Waals surface area (Å²) in [6.07, 6.45) is 2.14. The Labute approximate surface area is 134 Å². The third-order valence-corrected chi connectivity index (χ3v) is 4.51. The summed E-state index contributed by atoms with van der Waals surface area (Å²) in [5, 5.41) is 9.06. The van der Waals surface area contributed by atoms with Crippen molar-refractivity contribution in [3.8, 4) is 11.9 Å². The highest BCUT2D eigenvalue weighted by Gasteiger charge is 2.24. The molecule has 0 amide bonds. The summed E-state index contributed by atoms with van der Waals surface area (Å²) < 4.78 is 45.3. The molecule has 0 aliphatic rings. The number of anilines is 1. The Balaban J connectivity index is 2.52. The molecule has 0 aliphatic heterocycles. The summed E-state index contributed by atoms with van der Waals surface area (Å²) in [6, 6.07) is 4.07. The van der Waals surface area contributed by atoms with Gasteiger partial charge in [0.1, 0.15) is 17.4 Å². The fourth-order valence-electron chi connectivity index (χ4n) is 1.56. The van der Waals surface area contributed by atoms with Gasteiger partial charge in [0.05, 0.1) is 13.3 Å². The molecule has 7 nitrogen and oxygen atoms in total. The molecule has 0 unspecified atom stereocenters. The molecule has 0 spiro atoms. The molecule has 2 rings (SSSR count). The molecule has 0 radical (unpaired) electrons. The van der Waals surface area contributed by atoms with Gasteiger partial charge in [0.2, 0.25) is 5.88 Å². The highest BCUT2D eigenvalue weighted by molar-refractivity contribution is 9.10. The normalized spacial score (nSPS) is 10.8. The Bertz CT molecular complexity index is 867. The maximum atomic E-state index is 13.3. The van der Waals surface area contributed by atoms with Crippen LogP contribution in [0.4, 0.5) is 10.2 Å². The summed E-state index contributed by atoms with van der Waals surface area (Å²) in [4.78, 5) is 6.86.